The van der Waals surface area contributed by atoms with Crippen molar-refractivity contribution < 1.29 is 42.8 Å². The molecule has 6 rings (SSSR count). The van der Waals surface area contributed by atoms with Gasteiger partial charge in [0.25, 0.3) is 5.91 Å². The van der Waals surface area contributed by atoms with Gasteiger partial charge in [0, 0.05) is 11.3 Å². The molecule has 0 fully saturated rings. The zero-order valence-corrected chi connectivity index (χ0v) is 27.2. The second kappa shape index (κ2) is 14.3. The number of hydroxylamine groups is 1. The zero-order valence-electron chi connectivity index (χ0n) is 27.2. The average Bonchev–Trinajstić information content (AvgIpc) is 3.63. The Morgan fingerprint density at radius 2 is 1.31 bits per heavy atom. The van der Waals surface area contributed by atoms with E-state index in [0.29, 0.717) is 45.8 Å². The van der Waals surface area contributed by atoms with Gasteiger partial charge in [-0.1, -0.05) is 18.2 Å². The van der Waals surface area contributed by atoms with Crippen molar-refractivity contribution in [2.45, 2.75) is 12.3 Å². The molecule has 2 atom stereocenters. The Morgan fingerprint density at radius 1 is 0.646 bits per heavy atom. The van der Waals surface area contributed by atoms with Crippen LogP contribution < -0.4 is 49.3 Å². The van der Waals surface area contributed by atoms with E-state index in [1.54, 1.807) is 41.6 Å². The molecule has 12 nitrogen and oxygen atoms in total. The summed E-state index contributed by atoms with van der Waals surface area (Å²) in [6, 6.07) is 22.2. The summed E-state index contributed by atoms with van der Waals surface area (Å²) in [4.78, 5) is 18.5. The van der Waals surface area contributed by atoms with Crippen LogP contribution in [0.4, 0.5) is 5.69 Å². The Labute approximate surface area is 278 Å². The fourth-order valence-electron chi connectivity index (χ4n) is 5.55. The van der Waals surface area contributed by atoms with E-state index < -0.39 is 12.3 Å². The van der Waals surface area contributed by atoms with Crippen molar-refractivity contribution in [2.24, 2.45) is 0 Å². The third-order valence-electron chi connectivity index (χ3n) is 7.97. The van der Waals surface area contributed by atoms with Gasteiger partial charge in [0.05, 0.1) is 46.8 Å². The molecule has 2 unspecified atom stereocenters. The lowest BCUT2D eigenvalue weighted by Crippen LogP contribution is -2.38. The molecule has 0 radical (unpaired) electrons. The highest BCUT2D eigenvalue weighted by atomic mass is 16.7. The largest absolute Gasteiger partial charge is 0.493 e. The molecule has 4 aromatic carbocycles. The Bertz CT molecular complexity index is 1800. The predicted octanol–water partition coefficient (Wildman–Crippen LogP) is 5.66. The first-order valence-electron chi connectivity index (χ1n) is 15.2. The van der Waals surface area contributed by atoms with E-state index in [0.717, 1.165) is 28.1 Å². The molecule has 0 bridgehead atoms. The van der Waals surface area contributed by atoms with Crippen LogP contribution in [0.3, 0.4) is 0 Å². The molecule has 0 aliphatic carbocycles. The molecular formula is C36H37N3O9. The van der Waals surface area contributed by atoms with Crippen molar-refractivity contribution >= 4 is 17.3 Å². The van der Waals surface area contributed by atoms with Gasteiger partial charge in [-0.25, -0.2) is 0 Å². The minimum absolute atomic E-state index is 0.142. The van der Waals surface area contributed by atoms with Gasteiger partial charge in [0.1, 0.15) is 25.5 Å². The summed E-state index contributed by atoms with van der Waals surface area (Å²) < 4.78 is 39.7. The van der Waals surface area contributed by atoms with Crippen LogP contribution in [0.1, 0.15) is 39.3 Å². The molecule has 2 heterocycles. The van der Waals surface area contributed by atoms with E-state index in [2.05, 4.69) is 16.1 Å². The highest BCUT2D eigenvalue weighted by molar-refractivity contribution is 6.01. The molecule has 0 spiro atoms. The first kappa shape index (κ1) is 32.2. The normalized spacial score (nSPS) is 16.4. The minimum Gasteiger partial charge on any atom is -0.493 e. The number of nitrogens with one attached hydrogen (secondary N) is 3. The Hall–Kier alpha value is -5.75. The summed E-state index contributed by atoms with van der Waals surface area (Å²) in [5.74, 6) is 3.63. The molecule has 2 aliphatic rings. The predicted molar refractivity (Wildman–Crippen MR) is 178 cm³/mol. The van der Waals surface area contributed by atoms with Gasteiger partial charge in [-0.05, 0) is 71.8 Å². The van der Waals surface area contributed by atoms with Crippen LogP contribution in [0, 0.1) is 0 Å². The minimum atomic E-state index is -0.412. The fourth-order valence-corrected chi connectivity index (χ4v) is 5.55. The number of carbonyl (C=O) groups excluding carboxylic acids is 1. The van der Waals surface area contributed by atoms with Crippen LogP contribution >= 0.6 is 0 Å². The van der Waals surface area contributed by atoms with E-state index in [-0.39, 0.29) is 19.1 Å². The molecule has 0 saturated carbocycles. The van der Waals surface area contributed by atoms with Crippen molar-refractivity contribution in [1.82, 2.24) is 10.8 Å². The van der Waals surface area contributed by atoms with Gasteiger partial charge in [-0.2, -0.15) is 0 Å². The maximum Gasteiger partial charge on any atom is 0.255 e. The monoisotopic (exact) mass is 655 g/mol. The fraction of sp³-hybridized carbons (Fsp3) is 0.250. The molecule has 250 valence electrons. The number of amides is 1. The molecule has 4 aromatic rings. The Morgan fingerprint density at radius 3 is 2.02 bits per heavy atom. The summed E-state index contributed by atoms with van der Waals surface area (Å²) in [5, 5.41) is 6.33. The van der Waals surface area contributed by atoms with Crippen molar-refractivity contribution in [3.63, 3.8) is 0 Å². The molecule has 1 amide bonds. The highest BCUT2D eigenvalue weighted by Gasteiger charge is 2.26. The topological polar surface area (TPSA) is 127 Å². The van der Waals surface area contributed by atoms with Crippen LogP contribution in [0.25, 0.3) is 5.70 Å². The van der Waals surface area contributed by atoms with Gasteiger partial charge >= 0.3 is 0 Å². The number of benzene rings is 4. The number of hydrogen-bond acceptors (Lipinski definition) is 11. The third kappa shape index (κ3) is 6.56. The van der Waals surface area contributed by atoms with E-state index in [9.17, 15) is 4.79 Å². The smallest absolute Gasteiger partial charge is 0.255 e. The van der Waals surface area contributed by atoms with Crippen LogP contribution in [0.5, 0.6) is 40.2 Å². The summed E-state index contributed by atoms with van der Waals surface area (Å²) in [5.41, 5.74) is 7.63. The SMILES string of the molecule is COc1cc(C2NC(=O)c3ccccc3N2)ccc1OCCOc1cc(C2=CC(c3cc(OC)c(OC)c(OC)c3)ON2)ccc1OC. The number of ether oxygens (including phenoxy) is 7. The van der Waals surface area contributed by atoms with Crippen molar-refractivity contribution in [2.75, 3.05) is 54.1 Å². The average molecular weight is 656 g/mol. The summed E-state index contributed by atoms with van der Waals surface area (Å²) >= 11 is 0. The number of methoxy groups -OCH3 is 5. The first-order valence-corrected chi connectivity index (χ1v) is 15.2. The lowest BCUT2D eigenvalue weighted by atomic mass is 10.0. The maximum absolute atomic E-state index is 12.6. The maximum atomic E-state index is 12.6. The third-order valence-corrected chi connectivity index (χ3v) is 7.97. The summed E-state index contributed by atoms with van der Waals surface area (Å²) in [6.45, 7) is 0.473. The number of para-hydroxylation sites is 1. The number of carbonyl (C=O) groups is 1. The van der Waals surface area contributed by atoms with Gasteiger partial charge < -0.3 is 43.8 Å². The van der Waals surface area contributed by atoms with E-state index in [4.69, 9.17) is 38.0 Å². The Balaban J connectivity index is 1.10. The van der Waals surface area contributed by atoms with Crippen LogP contribution in [0.2, 0.25) is 0 Å². The van der Waals surface area contributed by atoms with Crippen LogP contribution in [-0.4, -0.2) is 54.7 Å². The summed E-state index contributed by atoms with van der Waals surface area (Å²) in [7, 11) is 7.87. The molecule has 3 N–H and O–H groups in total. The highest BCUT2D eigenvalue weighted by Crippen LogP contribution is 2.42. The van der Waals surface area contributed by atoms with Crippen molar-refractivity contribution in [1.29, 1.82) is 0 Å². The van der Waals surface area contributed by atoms with Gasteiger partial charge in [0.2, 0.25) is 5.75 Å². The number of fused-ring (bicyclic) bond motifs is 1. The first-order chi connectivity index (χ1) is 23.5. The van der Waals surface area contributed by atoms with E-state index in [1.807, 2.05) is 72.8 Å². The lowest BCUT2D eigenvalue weighted by molar-refractivity contribution is 0.0508. The molecular weight excluding hydrogens is 618 g/mol. The lowest BCUT2D eigenvalue weighted by Gasteiger charge is -2.28. The van der Waals surface area contributed by atoms with Crippen molar-refractivity contribution in [3.05, 3.63) is 101 Å². The molecule has 12 heteroatoms. The van der Waals surface area contributed by atoms with Gasteiger partial charge in [0.15, 0.2) is 34.5 Å². The van der Waals surface area contributed by atoms with Crippen LogP contribution in [0.15, 0.2) is 78.9 Å². The van der Waals surface area contributed by atoms with Gasteiger partial charge in [-0.3, -0.25) is 15.1 Å². The molecule has 2 aliphatic heterocycles. The van der Waals surface area contributed by atoms with E-state index in [1.165, 1.54) is 0 Å². The second-order valence-electron chi connectivity index (χ2n) is 10.7. The Kier molecular flexibility index (Phi) is 9.62. The van der Waals surface area contributed by atoms with E-state index >= 15 is 0 Å². The van der Waals surface area contributed by atoms with Crippen LogP contribution in [-0.2, 0) is 4.84 Å². The number of anilines is 1. The van der Waals surface area contributed by atoms with Gasteiger partial charge in [-0.15, -0.1) is 0 Å². The standard InChI is InChI=1S/C36H37N3O9/c1-41-27-12-10-21(26-20-29(48-39-26)23-18-32(43-3)34(45-5)33(19-23)44-4)16-31(27)47-15-14-46-28-13-11-22(17-30(28)42-2)35-37-25-9-7-6-8-24(25)36(40)38-35/h6-13,16-20,29,35,37,39H,14-15H2,1-5H3,(H,38,40). The molecule has 0 aromatic heterocycles. The molecule has 48 heavy (non-hydrogen) atoms. The quantitative estimate of drug-likeness (QED) is 0.155. The second-order valence-corrected chi connectivity index (χ2v) is 10.7. The zero-order chi connectivity index (χ0) is 33.6. The molecule has 0 saturated heterocycles. The number of hydrogen-bond donors (Lipinski definition) is 3. The van der Waals surface area contributed by atoms with Crippen molar-refractivity contribution in [3.8, 4) is 40.2 Å². The summed E-state index contributed by atoms with van der Waals surface area (Å²) in [6.07, 6.45) is 1.14. The number of rotatable bonds is 13.